The summed E-state index contributed by atoms with van der Waals surface area (Å²) in [6.07, 6.45) is 4.95. The fourth-order valence-corrected chi connectivity index (χ4v) is 2.73. The van der Waals surface area contributed by atoms with Crippen LogP contribution in [0.1, 0.15) is 44.3 Å². The normalized spacial score (nSPS) is 25.8. The molecule has 0 aliphatic heterocycles. The lowest BCUT2D eigenvalue weighted by atomic mass is 9.91. The van der Waals surface area contributed by atoms with Crippen LogP contribution in [-0.2, 0) is 0 Å². The second-order valence-corrected chi connectivity index (χ2v) is 5.12. The Kier molecular flexibility index (Phi) is 4.19. The van der Waals surface area contributed by atoms with Crippen LogP contribution in [0.3, 0.4) is 0 Å². The van der Waals surface area contributed by atoms with E-state index in [-0.39, 0.29) is 12.1 Å². The highest BCUT2D eigenvalue weighted by Gasteiger charge is 2.28. The molecule has 1 aromatic rings. The molecule has 0 aromatic carbocycles. The molecule has 1 aliphatic carbocycles. The number of rotatable bonds is 3. The Balaban J connectivity index is 2.24. The number of anilines is 1. The zero-order valence-corrected chi connectivity index (χ0v) is 11.1. The number of aromatic nitrogens is 1. The van der Waals surface area contributed by atoms with Crippen molar-refractivity contribution in [3.8, 4) is 0 Å². The van der Waals surface area contributed by atoms with Crippen LogP contribution in [0.15, 0.2) is 18.3 Å². The van der Waals surface area contributed by atoms with Crippen LogP contribution < -0.4 is 4.90 Å². The Labute approximate surface area is 108 Å². The van der Waals surface area contributed by atoms with Crippen LogP contribution in [0, 0.1) is 0 Å². The molecule has 0 radical (unpaired) electrons. The second kappa shape index (κ2) is 5.67. The lowest BCUT2D eigenvalue weighted by molar-refractivity contribution is 0.105. The van der Waals surface area contributed by atoms with Gasteiger partial charge in [-0.3, -0.25) is 0 Å². The molecule has 1 heterocycles. The fourth-order valence-electron chi connectivity index (χ4n) is 2.73. The number of aliphatic hydroxyl groups excluding tert-OH is 2. The first-order valence-electron chi connectivity index (χ1n) is 6.65. The highest BCUT2D eigenvalue weighted by atomic mass is 16.3. The number of likely N-dealkylation sites (N-methyl/N-ethyl adjacent to an activating group) is 1. The molecule has 3 unspecified atom stereocenters. The van der Waals surface area contributed by atoms with E-state index in [1.807, 2.05) is 24.1 Å². The molecule has 3 atom stereocenters. The van der Waals surface area contributed by atoms with Crippen molar-refractivity contribution in [2.24, 2.45) is 0 Å². The molecule has 100 valence electrons. The summed E-state index contributed by atoms with van der Waals surface area (Å²) >= 11 is 0. The molecule has 1 fully saturated rings. The van der Waals surface area contributed by atoms with E-state index in [1.165, 1.54) is 0 Å². The number of nitrogens with zero attached hydrogens (tertiary/aromatic N) is 2. The van der Waals surface area contributed by atoms with Gasteiger partial charge in [-0.1, -0.05) is 18.9 Å². The molecule has 0 spiro atoms. The lowest BCUT2D eigenvalue weighted by Crippen LogP contribution is -2.44. The summed E-state index contributed by atoms with van der Waals surface area (Å²) in [5.74, 6) is 0.776. The summed E-state index contributed by atoms with van der Waals surface area (Å²) in [7, 11) is 1.95. The number of hydrogen-bond donors (Lipinski definition) is 2. The molecule has 0 bridgehead atoms. The third kappa shape index (κ3) is 2.65. The number of pyridine rings is 1. The molecule has 1 saturated carbocycles. The van der Waals surface area contributed by atoms with Gasteiger partial charge in [0.2, 0.25) is 0 Å². The minimum atomic E-state index is -0.545. The van der Waals surface area contributed by atoms with Crippen molar-refractivity contribution in [2.75, 3.05) is 11.9 Å². The first kappa shape index (κ1) is 13.3. The van der Waals surface area contributed by atoms with Gasteiger partial charge in [0, 0.05) is 18.8 Å². The van der Waals surface area contributed by atoms with E-state index in [0.29, 0.717) is 0 Å². The summed E-state index contributed by atoms with van der Waals surface area (Å²) < 4.78 is 0. The van der Waals surface area contributed by atoms with Crippen LogP contribution in [0.2, 0.25) is 0 Å². The average molecular weight is 250 g/mol. The second-order valence-electron chi connectivity index (χ2n) is 5.12. The van der Waals surface area contributed by atoms with Gasteiger partial charge in [0.15, 0.2) is 0 Å². The summed E-state index contributed by atoms with van der Waals surface area (Å²) in [5.41, 5.74) is 0.817. The van der Waals surface area contributed by atoms with Gasteiger partial charge in [-0.05, 0) is 25.8 Å². The minimum Gasteiger partial charge on any atom is -0.391 e. The monoisotopic (exact) mass is 250 g/mol. The van der Waals surface area contributed by atoms with Crippen LogP contribution in [0.4, 0.5) is 5.82 Å². The van der Waals surface area contributed by atoms with Crippen molar-refractivity contribution in [3.63, 3.8) is 0 Å². The van der Waals surface area contributed by atoms with Gasteiger partial charge in [-0.15, -0.1) is 0 Å². The minimum absolute atomic E-state index is 0.103. The average Bonchev–Trinajstić information content (AvgIpc) is 2.38. The predicted molar refractivity (Wildman–Crippen MR) is 71.5 cm³/mol. The zero-order chi connectivity index (χ0) is 13.1. The van der Waals surface area contributed by atoms with Crippen molar-refractivity contribution in [2.45, 2.75) is 50.9 Å². The first-order valence-corrected chi connectivity index (χ1v) is 6.65. The molecular formula is C14H22N2O2. The molecule has 1 aromatic heterocycles. The Morgan fingerprint density at radius 2 is 2.11 bits per heavy atom. The molecule has 18 heavy (non-hydrogen) atoms. The fraction of sp³-hybridized carbons (Fsp3) is 0.643. The van der Waals surface area contributed by atoms with E-state index in [4.69, 9.17) is 0 Å². The van der Waals surface area contributed by atoms with Crippen LogP contribution in [0.5, 0.6) is 0 Å². The standard InChI is InChI=1S/C14H22N2O2/c1-10(17)11-6-5-9-15-14(11)16(2)12-7-3-4-8-13(12)18/h5-6,9-10,12-13,17-18H,3-4,7-8H2,1-2H3. The van der Waals surface area contributed by atoms with Crippen LogP contribution in [-0.4, -0.2) is 34.4 Å². The molecule has 2 N–H and O–H groups in total. The summed E-state index contributed by atoms with van der Waals surface area (Å²) in [5, 5.41) is 19.9. The molecular weight excluding hydrogens is 228 g/mol. The van der Waals surface area contributed by atoms with Gasteiger partial charge in [-0.25, -0.2) is 4.98 Å². The van der Waals surface area contributed by atoms with E-state index < -0.39 is 6.10 Å². The molecule has 4 nitrogen and oxygen atoms in total. The van der Waals surface area contributed by atoms with E-state index in [9.17, 15) is 10.2 Å². The van der Waals surface area contributed by atoms with Crippen LogP contribution >= 0.6 is 0 Å². The lowest BCUT2D eigenvalue weighted by Gasteiger charge is -2.37. The molecule has 1 aliphatic rings. The Hall–Kier alpha value is -1.13. The highest BCUT2D eigenvalue weighted by Crippen LogP contribution is 2.29. The molecule has 0 saturated heterocycles. The Morgan fingerprint density at radius 3 is 2.78 bits per heavy atom. The quantitative estimate of drug-likeness (QED) is 0.860. The van der Waals surface area contributed by atoms with Crippen molar-refractivity contribution in [3.05, 3.63) is 23.9 Å². The van der Waals surface area contributed by atoms with Gasteiger partial charge in [0.25, 0.3) is 0 Å². The van der Waals surface area contributed by atoms with Crippen LogP contribution in [0.25, 0.3) is 0 Å². The van der Waals surface area contributed by atoms with E-state index in [2.05, 4.69) is 4.98 Å². The van der Waals surface area contributed by atoms with Gasteiger partial charge < -0.3 is 15.1 Å². The van der Waals surface area contributed by atoms with Gasteiger partial charge in [0.1, 0.15) is 5.82 Å². The Morgan fingerprint density at radius 1 is 1.39 bits per heavy atom. The smallest absolute Gasteiger partial charge is 0.134 e. The third-order valence-electron chi connectivity index (χ3n) is 3.79. The molecule has 0 amide bonds. The van der Waals surface area contributed by atoms with Crippen molar-refractivity contribution in [1.29, 1.82) is 0 Å². The first-order chi connectivity index (χ1) is 8.61. The maximum atomic E-state index is 10.1. The summed E-state index contributed by atoms with van der Waals surface area (Å²) in [4.78, 5) is 6.38. The van der Waals surface area contributed by atoms with E-state index in [0.717, 1.165) is 37.1 Å². The largest absolute Gasteiger partial charge is 0.391 e. The predicted octanol–water partition coefficient (Wildman–Crippen LogP) is 1.87. The maximum Gasteiger partial charge on any atom is 0.134 e. The Bertz CT molecular complexity index is 395. The summed E-state index contributed by atoms with van der Waals surface area (Å²) in [6, 6.07) is 3.82. The maximum absolute atomic E-state index is 10.1. The molecule has 4 heteroatoms. The highest BCUT2D eigenvalue weighted by molar-refractivity contribution is 5.48. The third-order valence-corrected chi connectivity index (χ3v) is 3.79. The number of aliphatic hydroxyl groups is 2. The van der Waals surface area contributed by atoms with E-state index >= 15 is 0 Å². The van der Waals surface area contributed by atoms with Crippen molar-refractivity contribution >= 4 is 5.82 Å². The zero-order valence-electron chi connectivity index (χ0n) is 11.1. The number of hydrogen-bond acceptors (Lipinski definition) is 4. The topological polar surface area (TPSA) is 56.6 Å². The van der Waals surface area contributed by atoms with Crippen molar-refractivity contribution < 1.29 is 10.2 Å². The SMILES string of the molecule is CC(O)c1cccnc1N(C)C1CCCCC1O. The van der Waals surface area contributed by atoms with Gasteiger partial charge in [-0.2, -0.15) is 0 Å². The van der Waals surface area contributed by atoms with Gasteiger partial charge in [0.05, 0.1) is 18.2 Å². The molecule has 2 rings (SSSR count). The van der Waals surface area contributed by atoms with Crippen molar-refractivity contribution in [1.82, 2.24) is 4.98 Å². The summed E-state index contributed by atoms with van der Waals surface area (Å²) in [6.45, 7) is 1.74. The van der Waals surface area contributed by atoms with Gasteiger partial charge >= 0.3 is 0 Å². The van der Waals surface area contributed by atoms with E-state index in [1.54, 1.807) is 13.1 Å².